The van der Waals surface area contributed by atoms with Crippen molar-refractivity contribution >= 4 is 28.6 Å². The van der Waals surface area contributed by atoms with Gasteiger partial charge in [0.05, 0.1) is 0 Å². The molecule has 2 aromatic rings. The summed E-state index contributed by atoms with van der Waals surface area (Å²) >= 11 is 1.65. The Morgan fingerprint density at radius 1 is 1.31 bits per heavy atom. The summed E-state index contributed by atoms with van der Waals surface area (Å²) in [7, 11) is 0. The number of carbonyl (C=O) groups excluding carboxylic acids is 1. The number of anilines is 1. The monoisotopic (exact) mass is 416 g/mol. The molecule has 1 saturated heterocycles. The Kier molecular flexibility index (Phi) is 5.71. The maximum absolute atomic E-state index is 13.8. The second-order valence-corrected chi connectivity index (χ2v) is 8.38. The van der Waals surface area contributed by atoms with Gasteiger partial charge in [-0.05, 0) is 42.9 Å². The van der Waals surface area contributed by atoms with E-state index in [1.54, 1.807) is 11.3 Å². The molecule has 1 amide bonds. The molecule has 3 atom stereocenters. The van der Waals surface area contributed by atoms with Gasteiger partial charge in [-0.1, -0.05) is 13.0 Å². The van der Waals surface area contributed by atoms with Crippen molar-refractivity contribution in [2.45, 2.75) is 19.8 Å². The van der Waals surface area contributed by atoms with Crippen molar-refractivity contribution in [1.82, 2.24) is 10.3 Å². The van der Waals surface area contributed by atoms with Crippen LogP contribution in [0, 0.1) is 29.4 Å². The highest BCUT2D eigenvalue weighted by Gasteiger charge is 2.33. The normalized spacial score (nSPS) is 24.3. The first kappa shape index (κ1) is 19.7. The number of hydrogen-bond donors (Lipinski definition) is 1. The summed E-state index contributed by atoms with van der Waals surface area (Å²) in [5.41, 5.74) is -0.592. The smallest absolute Gasteiger partial charge is 0.262 e. The van der Waals surface area contributed by atoms with Crippen LogP contribution in [0.5, 0.6) is 0 Å². The van der Waals surface area contributed by atoms with E-state index in [2.05, 4.69) is 27.1 Å². The lowest BCUT2D eigenvalue weighted by Crippen LogP contribution is -2.43. The van der Waals surface area contributed by atoms with Gasteiger partial charge < -0.3 is 10.2 Å². The zero-order chi connectivity index (χ0) is 20.4. The summed E-state index contributed by atoms with van der Waals surface area (Å²) in [4.78, 5) is 23.4. The molecule has 1 N–H and O–H groups in total. The zero-order valence-corrected chi connectivity index (χ0v) is 16.8. The summed E-state index contributed by atoms with van der Waals surface area (Å²) in [6.45, 7) is 4.18. The minimum atomic E-state index is -0.890. The van der Waals surface area contributed by atoms with Crippen LogP contribution in [0.3, 0.4) is 0 Å². The van der Waals surface area contributed by atoms with E-state index in [0.29, 0.717) is 17.7 Å². The van der Waals surface area contributed by atoms with Gasteiger partial charge in [0.25, 0.3) is 5.91 Å². The van der Waals surface area contributed by atoms with Gasteiger partial charge in [-0.2, -0.15) is 0 Å². The average molecular weight is 416 g/mol. The Labute approximate surface area is 172 Å². The van der Waals surface area contributed by atoms with Crippen LogP contribution in [0.2, 0.25) is 0 Å². The van der Waals surface area contributed by atoms with E-state index in [1.807, 2.05) is 23.9 Å². The first-order chi connectivity index (χ1) is 14.0. The molecule has 0 spiro atoms. The predicted molar refractivity (Wildman–Crippen MR) is 110 cm³/mol. The molecule has 1 aromatic carbocycles. The number of allylic oxidation sites excluding steroid dienone is 1. The van der Waals surface area contributed by atoms with Crippen LogP contribution in [-0.2, 0) is 0 Å². The lowest BCUT2D eigenvalue weighted by Gasteiger charge is -2.40. The number of aliphatic imine (C=N–C) groups is 1. The third-order valence-electron chi connectivity index (χ3n) is 5.68. The minimum absolute atomic E-state index is 0.249. The summed E-state index contributed by atoms with van der Waals surface area (Å²) in [6.07, 6.45) is 7.33. The van der Waals surface area contributed by atoms with E-state index in [4.69, 9.17) is 0 Å². The summed E-state index contributed by atoms with van der Waals surface area (Å²) in [5.74, 6) is -1.05. The highest BCUT2D eigenvalue weighted by Crippen LogP contribution is 2.34. The van der Waals surface area contributed by atoms with Crippen molar-refractivity contribution in [1.29, 1.82) is 0 Å². The molecule has 0 saturated carbocycles. The van der Waals surface area contributed by atoms with Crippen molar-refractivity contribution in [3.63, 3.8) is 0 Å². The highest BCUT2D eigenvalue weighted by atomic mass is 32.1. The zero-order valence-electron chi connectivity index (χ0n) is 16.0. The molecular weight excluding hydrogens is 394 g/mol. The SMILES string of the molecule is CC1CCN(c2nccs2)CC1C1C=NC(NC(=O)c2c(F)cccc2F)=CC1. The lowest BCUT2D eigenvalue weighted by molar-refractivity contribution is 0.0956. The van der Waals surface area contributed by atoms with Crippen LogP contribution in [-0.4, -0.2) is 30.2 Å². The van der Waals surface area contributed by atoms with E-state index in [-0.39, 0.29) is 5.92 Å². The average Bonchev–Trinajstić information content (AvgIpc) is 3.24. The number of benzene rings is 1. The third kappa shape index (κ3) is 4.22. The number of rotatable bonds is 4. The topological polar surface area (TPSA) is 57.6 Å². The molecule has 4 rings (SSSR count). The van der Waals surface area contributed by atoms with E-state index in [9.17, 15) is 13.6 Å². The van der Waals surface area contributed by atoms with Gasteiger partial charge in [-0.3, -0.25) is 4.79 Å². The molecule has 0 bridgehead atoms. The molecule has 0 aliphatic carbocycles. The van der Waals surface area contributed by atoms with Crippen LogP contribution < -0.4 is 10.2 Å². The predicted octanol–water partition coefficient (Wildman–Crippen LogP) is 4.25. The number of piperidine rings is 1. The van der Waals surface area contributed by atoms with Gasteiger partial charge in [0, 0.05) is 36.8 Å². The molecule has 5 nitrogen and oxygen atoms in total. The Hall–Kier alpha value is -2.61. The van der Waals surface area contributed by atoms with Crippen LogP contribution in [0.15, 0.2) is 46.7 Å². The molecule has 3 unspecified atom stereocenters. The van der Waals surface area contributed by atoms with Gasteiger partial charge in [-0.15, -0.1) is 11.3 Å². The quantitative estimate of drug-likeness (QED) is 0.811. The van der Waals surface area contributed by atoms with Gasteiger partial charge in [0.15, 0.2) is 5.13 Å². The van der Waals surface area contributed by atoms with Gasteiger partial charge >= 0.3 is 0 Å². The Balaban J connectivity index is 1.40. The van der Waals surface area contributed by atoms with E-state index in [0.717, 1.165) is 43.2 Å². The third-order valence-corrected chi connectivity index (χ3v) is 6.51. The first-order valence-electron chi connectivity index (χ1n) is 9.67. The maximum Gasteiger partial charge on any atom is 0.262 e. The molecule has 1 fully saturated rings. The van der Waals surface area contributed by atoms with Crippen molar-refractivity contribution in [2.24, 2.45) is 22.7 Å². The van der Waals surface area contributed by atoms with E-state index in [1.165, 1.54) is 6.07 Å². The molecule has 1 aromatic heterocycles. The first-order valence-corrected chi connectivity index (χ1v) is 10.5. The fourth-order valence-corrected chi connectivity index (χ4v) is 4.68. The number of carbonyl (C=O) groups is 1. The standard InChI is InChI=1S/C21H22F2N4OS/c1-13-7-9-27(21-24-8-10-29-21)12-15(13)14-5-6-18(25-11-14)26-20(28)19-16(22)3-2-4-17(19)23/h2-4,6,8,10-11,13-15H,5,7,9,12H2,1H3,(H,26,28). The highest BCUT2D eigenvalue weighted by molar-refractivity contribution is 7.13. The molecule has 8 heteroatoms. The van der Waals surface area contributed by atoms with Crippen LogP contribution in [0.1, 0.15) is 30.1 Å². The lowest BCUT2D eigenvalue weighted by atomic mass is 9.76. The number of thiazole rings is 1. The number of hydrogen-bond acceptors (Lipinski definition) is 5. The van der Waals surface area contributed by atoms with Crippen molar-refractivity contribution in [3.05, 3.63) is 58.9 Å². The largest absolute Gasteiger partial charge is 0.348 e. The number of amides is 1. The number of nitrogens with zero attached hydrogens (tertiary/aromatic N) is 3. The Morgan fingerprint density at radius 2 is 2.10 bits per heavy atom. The molecule has 2 aliphatic heterocycles. The summed E-state index contributed by atoms with van der Waals surface area (Å²) in [6, 6.07) is 3.35. The van der Waals surface area contributed by atoms with Gasteiger partial charge in [0.1, 0.15) is 23.0 Å². The summed E-state index contributed by atoms with van der Waals surface area (Å²) < 4.78 is 27.6. The fourth-order valence-electron chi connectivity index (χ4n) is 4.00. The van der Waals surface area contributed by atoms with Crippen molar-refractivity contribution in [2.75, 3.05) is 18.0 Å². The van der Waals surface area contributed by atoms with E-state index >= 15 is 0 Å². The van der Waals surface area contributed by atoms with Crippen LogP contribution >= 0.6 is 11.3 Å². The molecular formula is C21H22F2N4OS. The fraction of sp³-hybridized carbons (Fsp3) is 0.381. The van der Waals surface area contributed by atoms with Crippen molar-refractivity contribution < 1.29 is 13.6 Å². The Bertz CT molecular complexity index is 924. The number of aromatic nitrogens is 1. The minimum Gasteiger partial charge on any atom is -0.348 e. The number of halogens is 2. The molecule has 2 aliphatic rings. The van der Waals surface area contributed by atoms with Crippen LogP contribution in [0.25, 0.3) is 0 Å². The van der Waals surface area contributed by atoms with Gasteiger partial charge in [-0.25, -0.2) is 18.8 Å². The van der Waals surface area contributed by atoms with Crippen molar-refractivity contribution in [3.8, 4) is 0 Å². The van der Waals surface area contributed by atoms with Gasteiger partial charge in [0.2, 0.25) is 0 Å². The molecule has 3 heterocycles. The molecule has 152 valence electrons. The maximum atomic E-state index is 13.8. The Morgan fingerprint density at radius 3 is 2.76 bits per heavy atom. The molecule has 29 heavy (non-hydrogen) atoms. The van der Waals surface area contributed by atoms with E-state index < -0.39 is 23.1 Å². The summed E-state index contributed by atoms with van der Waals surface area (Å²) in [5, 5.41) is 5.54. The molecule has 0 radical (unpaired) electrons. The van der Waals surface area contributed by atoms with Crippen LogP contribution in [0.4, 0.5) is 13.9 Å². The second kappa shape index (κ2) is 8.41. The second-order valence-electron chi connectivity index (χ2n) is 7.51. The number of nitrogens with one attached hydrogen (secondary N) is 1.